The molecule has 1 atom stereocenters. The van der Waals surface area contributed by atoms with Crippen molar-refractivity contribution in [2.45, 2.75) is 32.7 Å². The summed E-state index contributed by atoms with van der Waals surface area (Å²) in [4.78, 5) is 0. The quantitative estimate of drug-likeness (QED) is 0.805. The molecule has 106 valence electrons. The number of benzene rings is 1. The Balaban J connectivity index is 1.84. The van der Waals surface area contributed by atoms with Gasteiger partial charge in [-0.1, -0.05) is 26.0 Å². The number of nitrogens with one attached hydrogen (secondary N) is 2. The standard InChI is InChI=1S/C16H20N2OS/c1-3-12(2)13-6-8-14(9-7-13)18-16(20)17-11-15-5-4-10-19-15/h4-10,12H,3,11H2,1-2H3,(H2,17,18,20). The summed E-state index contributed by atoms with van der Waals surface area (Å²) < 4.78 is 5.24. The highest BCUT2D eigenvalue weighted by atomic mass is 32.1. The van der Waals surface area contributed by atoms with E-state index >= 15 is 0 Å². The van der Waals surface area contributed by atoms with Gasteiger partial charge in [0, 0.05) is 5.69 Å². The Kier molecular flexibility index (Phi) is 5.18. The molecule has 0 radical (unpaired) electrons. The highest BCUT2D eigenvalue weighted by molar-refractivity contribution is 7.80. The number of rotatable bonds is 5. The van der Waals surface area contributed by atoms with Crippen LogP contribution < -0.4 is 10.6 Å². The van der Waals surface area contributed by atoms with Crippen LogP contribution >= 0.6 is 12.2 Å². The minimum Gasteiger partial charge on any atom is -0.467 e. The van der Waals surface area contributed by atoms with Crippen molar-refractivity contribution < 1.29 is 4.42 Å². The predicted molar refractivity (Wildman–Crippen MR) is 86.9 cm³/mol. The molecule has 3 nitrogen and oxygen atoms in total. The van der Waals surface area contributed by atoms with Crippen LogP contribution in [0.4, 0.5) is 5.69 Å². The van der Waals surface area contributed by atoms with Crippen molar-refractivity contribution in [1.29, 1.82) is 0 Å². The molecule has 0 aliphatic heterocycles. The Morgan fingerprint density at radius 3 is 2.60 bits per heavy atom. The monoisotopic (exact) mass is 288 g/mol. The van der Waals surface area contributed by atoms with E-state index in [2.05, 4.69) is 48.7 Å². The van der Waals surface area contributed by atoms with Crippen LogP contribution in [0.3, 0.4) is 0 Å². The molecule has 2 aromatic rings. The highest BCUT2D eigenvalue weighted by Gasteiger charge is 2.03. The van der Waals surface area contributed by atoms with Gasteiger partial charge in [0.25, 0.3) is 0 Å². The maximum absolute atomic E-state index is 5.25. The number of hydrogen-bond donors (Lipinski definition) is 2. The highest BCUT2D eigenvalue weighted by Crippen LogP contribution is 2.20. The van der Waals surface area contributed by atoms with Gasteiger partial charge in [-0.15, -0.1) is 0 Å². The second-order valence-corrected chi connectivity index (χ2v) is 5.23. The third-order valence-electron chi connectivity index (χ3n) is 3.35. The van der Waals surface area contributed by atoms with E-state index in [-0.39, 0.29) is 0 Å². The summed E-state index contributed by atoms with van der Waals surface area (Å²) in [6, 6.07) is 12.2. The van der Waals surface area contributed by atoms with Crippen molar-refractivity contribution in [3.8, 4) is 0 Å². The number of thiocarbonyl (C=S) groups is 1. The molecule has 2 rings (SSSR count). The fourth-order valence-electron chi connectivity index (χ4n) is 1.89. The minimum atomic E-state index is 0.587. The molecule has 0 aliphatic carbocycles. The van der Waals surface area contributed by atoms with E-state index in [4.69, 9.17) is 16.6 Å². The van der Waals surface area contributed by atoms with Crippen LogP contribution in [-0.2, 0) is 6.54 Å². The Labute approximate surface area is 125 Å². The fourth-order valence-corrected chi connectivity index (χ4v) is 2.08. The van der Waals surface area contributed by atoms with Crippen LogP contribution in [0.25, 0.3) is 0 Å². The lowest BCUT2D eigenvalue weighted by Crippen LogP contribution is -2.27. The molecule has 0 aliphatic rings. The Bertz CT molecular complexity index is 534. The number of anilines is 1. The molecule has 1 aromatic heterocycles. The topological polar surface area (TPSA) is 37.2 Å². The predicted octanol–water partition coefficient (Wildman–Crippen LogP) is 4.28. The molecule has 0 fully saturated rings. The summed E-state index contributed by atoms with van der Waals surface area (Å²) in [7, 11) is 0. The summed E-state index contributed by atoms with van der Waals surface area (Å²) in [6.07, 6.45) is 2.80. The molecular weight excluding hydrogens is 268 g/mol. The van der Waals surface area contributed by atoms with E-state index in [0.29, 0.717) is 17.6 Å². The third-order valence-corrected chi connectivity index (χ3v) is 3.60. The van der Waals surface area contributed by atoms with Gasteiger partial charge in [0.15, 0.2) is 5.11 Å². The Hall–Kier alpha value is -1.81. The molecule has 4 heteroatoms. The van der Waals surface area contributed by atoms with Crippen LogP contribution in [0.15, 0.2) is 47.1 Å². The van der Waals surface area contributed by atoms with Crippen LogP contribution in [0, 0.1) is 0 Å². The van der Waals surface area contributed by atoms with Gasteiger partial charge in [-0.2, -0.15) is 0 Å². The maximum Gasteiger partial charge on any atom is 0.171 e. The maximum atomic E-state index is 5.25. The first kappa shape index (κ1) is 14.6. The Morgan fingerprint density at radius 2 is 2.00 bits per heavy atom. The molecule has 0 saturated heterocycles. The van der Waals surface area contributed by atoms with Crippen molar-refractivity contribution in [3.63, 3.8) is 0 Å². The minimum absolute atomic E-state index is 0.587. The van der Waals surface area contributed by atoms with Gasteiger partial charge in [0.1, 0.15) is 5.76 Å². The van der Waals surface area contributed by atoms with Crippen LogP contribution in [0.1, 0.15) is 37.5 Å². The van der Waals surface area contributed by atoms with Crippen molar-refractivity contribution in [2.24, 2.45) is 0 Å². The van der Waals surface area contributed by atoms with Gasteiger partial charge < -0.3 is 15.1 Å². The van der Waals surface area contributed by atoms with Gasteiger partial charge in [-0.3, -0.25) is 0 Å². The van der Waals surface area contributed by atoms with E-state index in [1.54, 1.807) is 6.26 Å². The smallest absolute Gasteiger partial charge is 0.171 e. The first-order chi connectivity index (χ1) is 9.69. The lowest BCUT2D eigenvalue weighted by atomic mass is 9.99. The molecule has 0 amide bonds. The molecule has 0 spiro atoms. The fraction of sp³-hybridized carbons (Fsp3) is 0.312. The molecule has 1 unspecified atom stereocenters. The zero-order chi connectivity index (χ0) is 14.4. The lowest BCUT2D eigenvalue weighted by molar-refractivity contribution is 0.503. The van der Waals surface area contributed by atoms with Gasteiger partial charge in [-0.05, 0) is 54.4 Å². The van der Waals surface area contributed by atoms with Crippen molar-refractivity contribution >= 4 is 23.0 Å². The second kappa shape index (κ2) is 7.10. The summed E-state index contributed by atoms with van der Waals surface area (Å²) in [5.74, 6) is 1.45. The van der Waals surface area contributed by atoms with E-state index in [1.165, 1.54) is 5.56 Å². The first-order valence-electron chi connectivity index (χ1n) is 6.86. The zero-order valence-electron chi connectivity index (χ0n) is 11.8. The van der Waals surface area contributed by atoms with Crippen LogP contribution in [0.5, 0.6) is 0 Å². The average molecular weight is 288 g/mol. The van der Waals surface area contributed by atoms with E-state index in [1.807, 2.05) is 12.1 Å². The van der Waals surface area contributed by atoms with Gasteiger partial charge in [0.2, 0.25) is 0 Å². The second-order valence-electron chi connectivity index (χ2n) is 4.82. The van der Waals surface area contributed by atoms with Crippen LogP contribution in [-0.4, -0.2) is 5.11 Å². The molecule has 0 bridgehead atoms. The first-order valence-corrected chi connectivity index (χ1v) is 7.27. The van der Waals surface area contributed by atoms with Crippen molar-refractivity contribution in [3.05, 3.63) is 54.0 Å². The van der Waals surface area contributed by atoms with E-state index in [9.17, 15) is 0 Å². The van der Waals surface area contributed by atoms with Gasteiger partial charge in [-0.25, -0.2) is 0 Å². The largest absolute Gasteiger partial charge is 0.467 e. The number of hydrogen-bond acceptors (Lipinski definition) is 2. The van der Waals surface area contributed by atoms with Gasteiger partial charge in [0.05, 0.1) is 12.8 Å². The third kappa shape index (κ3) is 4.10. The van der Waals surface area contributed by atoms with E-state index < -0.39 is 0 Å². The normalized spacial score (nSPS) is 11.9. The van der Waals surface area contributed by atoms with Gasteiger partial charge >= 0.3 is 0 Å². The molecular formula is C16H20N2OS. The van der Waals surface area contributed by atoms with Crippen LogP contribution in [0.2, 0.25) is 0 Å². The van der Waals surface area contributed by atoms with E-state index in [0.717, 1.165) is 17.9 Å². The molecule has 2 N–H and O–H groups in total. The Morgan fingerprint density at radius 1 is 1.25 bits per heavy atom. The summed E-state index contributed by atoms with van der Waals surface area (Å²) in [5, 5.41) is 6.87. The number of furan rings is 1. The summed E-state index contributed by atoms with van der Waals surface area (Å²) >= 11 is 5.25. The molecule has 1 aromatic carbocycles. The van der Waals surface area contributed by atoms with Crippen molar-refractivity contribution in [2.75, 3.05) is 5.32 Å². The lowest BCUT2D eigenvalue weighted by Gasteiger charge is -2.12. The molecule has 20 heavy (non-hydrogen) atoms. The average Bonchev–Trinajstić information content (AvgIpc) is 2.98. The zero-order valence-corrected chi connectivity index (χ0v) is 12.7. The molecule has 0 saturated carbocycles. The van der Waals surface area contributed by atoms with Crippen molar-refractivity contribution in [1.82, 2.24) is 5.32 Å². The molecule has 1 heterocycles. The summed E-state index contributed by atoms with van der Waals surface area (Å²) in [6.45, 7) is 5.02. The SMILES string of the molecule is CCC(C)c1ccc(NC(=S)NCc2ccco2)cc1. The summed E-state index contributed by atoms with van der Waals surface area (Å²) in [5.41, 5.74) is 2.35.